The monoisotopic (exact) mass is 292 g/mol. The van der Waals surface area contributed by atoms with Crippen molar-refractivity contribution in [3.05, 3.63) is 82.6 Å². The maximum atomic E-state index is 12.3. The minimum Gasteiger partial charge on any atom is -0.389 e. The van der Waals surface area contributed by atoms with Crippen molar-refractivity contribution in [2.75, 3.05) is 0 Å². The topological polar surface area (TPSA) is 55.1 Å². The molecule has 1 aromatic heterocycles. The van der Waals surface area contributed by atoms with Gasteiger partial charge in [0.1, 0.15) is 0 Å². The molecule has 0 aliphatic rings. The predicted molar refractivity (Wildman–Crippen MR) is 85.9 cm³/mol. The van der Waals surface area contributed by atoms with E-state index in [1.165, 1.54) is 10.7 Å². The molecule has 110 valence electrons. The lowest BCUT2D eigenvalue weighted by Gasteiger charge is -2.14. The van der Waals surface area contributed by atoms with Crippen molar-refractivity contribution in [3.8, 4) is 16.9 Å². The lowest BCUT2D eigenvalue weighted by Crippen LogP contribution is -2.23. The molecule has 0 aliphatic carbocycles. The molecule has 2 aromatic carbocycles. The third-order valence-electron chi connectivity index (χ3n) is 3.46. The molecule has 0 spiro atoms. The first-order chi connectivity index (χ1) is 10.7. The van der Waals surface area contributed by atoms with Crippen LogP contribution >= 0.6 is 0 Å². The molecule has 4 nitrogen and oxygen atoms in total. The Kier molecular flexibility index (Phi) is 3.85. The van der Waals surface area contributed by atoms with Gasteiger partial charge in [0.15, 0.2) is 0 Å². The number of aliphatic hydroxyl groups is 1. The fraction of sp³-hybridized carbons (Fsp3) is 0.111. The van der Waals surface area contributed by atoms with Crippen LogP contribution in [0.4, 0.5) is 0 Å². The van der Waals surface area contributed by atoms with Crippen molar-refractivity contribution in [1.82, 2.24) is 9.78 Å². The van der Waals surface area contributed by atoms with E-state index >= 15 is 0 Å². The van der Waals surface area contributed by atoms with Crippen LogP contribution < -0.4 is 5.56 Å². The van der Waals surface area contributed by atoms with Crippen molar-refractivity contribution in [1.29, 1.82) is 0 Å². The van der Waals surface area contributed by atoms with Gasteiger partial charge in [-0.15, -0.1) is 0 Å². The van der Waals surface area contributed by atoms with Gasteiger partial charge >= 0.3 is 0 Å². The van der Waals surface area contributed by atoms with Crippen molar-refractivity contribution in [2.24, 2.45) is 0 Å². The Balaban J connectivity index is 2.26. The molecule has 22 heavy (non-hydrogen) atoms. The maximum absolute atomic E-state index is 12.3. The van der Waals surface area contributed by atoms with Crippen LogP contribution in [0.25, 0.3) is 16.9 Å². The highest BCUT2D eigenvalue weighted by Gasteiger charge is 2.15. The van der Waals surface area contributed by atoms with E-state index in [1.54, 1.807) is 6.92 Å². The summed E-state index contributed by atoms with van der Waals surface area (Å²) in [5, 5.41) is 14.4. The van der Waals surface area contributed by atoms with Crippen LogP contribution in [0, 0.1) is 0 Å². The van der Waals surface area contributed by atoms with Gasteiger partial charge in [0.05, 0.1) is 17.5 Å². The molecule has 1 N–H and O–H groups in total. The first-order valence-corrected chi connectivity index (χ1v) is 7.10. The molecule has 0 fully saturated rings. The van der Waals surface area contributed by atoms with Crippen LogP contribution in [-0.4, -0.2) is 14.9 Å². The Labute approximate surface area is 128 Å². The molecule has 1 unspecified atom stereocenters. The minimum absolute atomic E-state index is 0.262. The average molecular weight is 292 g/mol. The van der Waals surface area contributed by atoms with Gasteiger partial charge in [-0.25, -0.2) is 0 Å². The van der Waals surface area contributed by atoms with Crippen LogP contribution in [0.5, 0.6) is 0 Å². The molecule has 3 rings (SSSR count). The third kappa shape index (κ3) is 2.69. The molecule has 0 amide bonds. The van der Waals surface area contributed by atoms with Gasteiger partial charge in [0, 0.05) is 17.2 Å². The van der Waals surface area contributed by atoms with E-state index in [1.807, 2.05) is 60.7 Å². The zero-order chi connectivity index (χ0) is 15.5. The zero-order valence-corrected chi connectivity index (χ0v) is 12.2. The number of aromatic nitrogens is 2. The van der Waals surface area contributed by atoms with Crippen molar-refractivity contribution >= 4 is 0 Å². The number of para-hydroxylation sites is 1. The van der Waals surface area contributed by atoms with Gasteiger partial charge < -0.3 is 5.11 Å². The third-order valence-corrected chi connectivity index (χ3v) is 3.46. The highest BCUT2D eigenvalue weighted by atomic mass is 16.3. The molecule has 4 heteroatoms. The minimum atomic E-state index is -0.763. The lowest BCUT2D eigenvalue weighted by molar-refractivity contribution is 0.199. The van der Waals surface area contributed by atoms with Gasteiger partial charge in [-0.3, -0.25) is 4.79 Å². The van der Waals surface area contributed by atoms with Gasteiger partial charge in [-0.1, -0.05) is 48.5 Å². The summed E-state index contributed by atoms with van der Waals surface area (Å²) in [4.78, 5) is 12.3. The van der Waals surface area contributed by atoms with E-state index in [4.69, 9.17) is 0 Å². The Morgan fingerprint density at radius 1 is 1.00 bits per heavy atom. The van der Waals surface area contributed by atoms with Gasteiger partial charge in [-0.05, 0) is 19.1 Å². The van der Waals surface area contributed by atoms with Gasteiger partial charge in [0.25, 0.3) is 5.56 Å². The molecule has 0 radical (unpaired) electrons. The van der Waals surface area contributed by atoms with Crippen LogP contribution in [-0.2, 0) is 0 Å². The summed E-state index contributed by atoms with van der Waals surface area (Å²) in [6.07, 6.45) is -0.763. The van der Waals surface area contributed by atoms with Crippen molar-refractivity contribution < 1.29 is 5.11 Å². The van der Waals surface area contributed by atoms with Gasteiger partial charge in [-0.2, -0.15) is 9.78 Å². The highest BCUT2D eigenvalue weighted by Crippen LogP contribution is 2.25. The summed E-state index contributed by atoms with van der Waals surface area (Å²) in [5.41, 5.74) is 2.44. The maximum Gasteiger partial charge on any atom is 0.271 e. The Morgan fingerprint density at radius 3 is 2.18 bits per heavy atom. The summed E-state index contributed by atoms with van der Waals surface area (Å²) < 4.78 is 1.36. The lowest BCUT2D eigenvalue weighted by atomic mass is 10.0. The second kappa shape index (κ2) is 5.95. The Hall–Kier alpha value is -2.72. The van der Waals surface area contributed by atoms with Crippen LogP contribution in [0.1, 0.15) is 18.6 Å². The van der Waals surface area contributed by atoms with Crippen molar-refractivity contribution in [3.63, 3.8) is 0 Å². The molecule has 1 atom stereocenters. The predicted octanol–water partition coefficient (Wildman–Crippen LogP) is 2.95. The quantitative estimate of drug-likeness (QED) is 0.807. The first-order valence-electron chi connectivity index (χ1n) is 7.10. The number of rotatable bonds is 3. The summed E-state index contributed by atoms with van der Waals surface area (Å²) >= 11 is 0. The Morgan fingerprint density at radius 2 is 1.59 bits per heavy atom. The fourth-order valence-corrected chi connectivity index (χ4v) is 2.36. The van der Waals surface area contributed by atoms with Gasteiger partial charge in [0.2, 0.25) is 0 Å². The van der Waals surface area contributed by atoms with E-state index < -0.39 is 6.10 Å². The largest absolute Gasteiger partial charge is 0.389 e. The van der Waals surface area contributed by atoms with E-state index in [-0.39, 0.29) is 5.56 Å². The molecule has 3 aromatic rings. The zero-order valence-electron chi connectivity index (χ0n) is 12.2. The highest BCUT2D eigenvalue weighted by molar-refractivity contribution is 5.63. The molecule has 0 saturated carbocycles. The van der Waals surface area contributed by atoms with E-state index in [9.17, 15) is 9.90 Å². The smallest absolute Gasteiger partial charge is 0.271 e. The SMILES string of the molecule is CC(O)c1cc(=O)n(-c2ccccc2)nc1-c1ccccc1. The molecular formula is C18H16N2O2. The standard InChI is InChI=1S/C18H16N2O2/c1-13(21)16-12-17(22)20(15-10-6-3-7-11-15)19-18(16)14-8-4-2-5-9-14/h2-13,21H,1H3. The van der Waals surface area contributed by atoms with E-state index in [0.717, 1.165) is 5.56 Å². The van der Waals surface area contributed by atoms with Crippen LogP contribution in [0.3, 0.4) is 0 Å². The van der Waals surface area contributed by atoms with Crippen LogP contribution in [0.15, 0.2) is 71.5 Å². The number of benzene rings is 2. The normalized spacial score (nSPS) is 12.1. The number of hydrogen-bond acceptors (Lipinski definition) is 3. The van der Waals surface area contributed by atoms with E-state index in [0.29, 0.717) is 16.9 Å². The van der Waals surface area contributed by atoms with E-state index in [2.05, 4.69) is 5.10 Å². The number of aliphatic hydroxyl groups excluding tert-OH is 1. The summed E-state index contributed by atoms with van der Waals surface area (Å²) in [6, 6.07) is 20.2. The fourth-order valence-electron chi connectivity index (χ4n) is 2.36. The van der Waals surface area contributed by atoms with Crippen LogP contribution in [0.2, 0.25) is 0 Å². The molecule has 0 bridgehead atoms. The summed E-state index contributed by atoms with van der Waals surface area (Å²) in [6.45, 7) is 1.63. The molecule has 1 heterocycles. The molecular weight excluding hydrogens is 276 g/mol. The Bertz CT molecular complexity index is 825. The number of nitrogens with zero attached hydrogens (tertiary/aromatic N) is 2. The first kappa shape index (κ1) is 14.2. The molecule has 0 aliphatic heterocycles. The number of hydrogen-bond donors (Lipinski definition) is 1. The summed E-state index contributed by atoms with van der Waals surface area (Å²) in [7, 11) is 0. The summed E-state index contributed by atoms with van der Waals surface area (Å²) in [5.74, 6) is 0. The second-order valence-electron chi connectivity index (χ2n) is 5.08. The molecule has 0 saturated heterocycles. The second-order valence-corrected chi connectivity index (χ2v) is 5.08. The van der Waals surface area contributed by atoms with Crippen molar-refractivity contribution in [2.45, 2.75) is 13.0 Å². The average Bonchev–Trinajstić information content (AvgIpc) is 2.56.